The highest BCUT2D eigenvalue weighted by Gasteiger charge is 2.01. The molecular weight excluding hydrogens is 232 g/mol. The third-order valence-electron chi connectivity index (χ3n) is 2.39. The maximum atomic E-state index is 11.3. The average Bonchev–Trinajstić information content (AvgIpc) is 2.37. The van der Waals surface area contributed by atoms with Gasteiger partial charge in [-0.05, 0) is 24.1 Å². The third kappa shape index (κ3) is 5.34. The van der Waals surface area contributed by atoms with Gasteiger partial charge in [0.1, 0.15) is 5.75 Å². The van der Waals surface area contributed by atoms with Crippen LogP contribution in [0.3, 0.4) is 0 Å². The van der Waals surface area contributed by atoms with Crippen molar-refractivity contribution in [2.75, 3.05) is 20.2 Å². The molecule has 98 valence electrons. The number of benzene rings is 1. The highest BCUT2D eigenvalue weighted by molar-refractivity contribution is 5.83. The summed E-state index contributed by atoms with van der Waals surface area (Å²) in [6, 6.07) is 7.68. The van der Waals surface area contributed by atoms with E-state index in [9.17, 15) is 9.59 Å². The molecular formula is C13H18N2O3. The first-order valence-corrected chi connectivity index (χ1v) is 5.76. The smallest absolute Gasteiger partial charge is 0.239 e. The van der Waals surface area contributed by atoms with Gasteiger partial charge in [-0.15, -0.1) is 0 Å². The summed E-state index contributed by atoms with van der Waals surface area (Å²) in [4.78, 5) is 21.9. The normalized spacial score (nSPS) is 9.67. The summed E-state index contributed by atoms with van der Waals surface area (Å²) >= 11 is 0. The van der Waals surface area contributed by atoms with Crippen molar-refractivity contribution < 1.29 is 14.3 Å². The molecule has 1 aromatic rings. The van der Waals surface area contributed by atoms with Crippen molar-refractivity contribution in [1.29, 1.82) is 0 Å². The van der Waals surface area contributed by atoms with Gasteiger partial charge in [-0.2, -0.15) is 0 Å². The molecule has 0 bridgehead atoms. The van der Waals surface area contributed by atoms with E-state index in [1.807, 2.05) is 24.3 Å². The average molecular weight is 250 g/mol. The highest BCUT2D eigenvalue weighted by atomic mass is 16.5. The van der Waals surface area contributed by atoms with E-state index in [0.717, 1.165) is 17.7 Å². The van der Waals surface area contributed by atoms with Crippen molar-refractivity contribution >= 4 is 11.8 Å². The lowest BCUT2D eigenvalue weighted by Gasteiger charge is -2.06. The van der Waals surface area contributed by atoms with Crippen molar-refractivity contribution in [2.45, 2.75) is 13.3 Å². The summed E-state index contributed by atoms with van der Waals surface area (Å²) in [5.74, 6) is 0.424. The number of methoxy groups -OCH3 is 1. The number of ether oxygens (including phenoxy) is 1. The minimum atomic E-state index is -0.208. The van der Waals surface area contributed by atoms with Crippen molar-refractivity contribution in [2.24, 2.45) is 0 Å². The Hall–Kier alpha value is -2.04. The summed E-state index contributed by atoms with van der Waals surface area (Å²) in [5.41, 5.74) is 1.12. The molecule has 0 aliphatic carbocycles. The molecule has 0 saturated heterocycles. The first kappa shape index (κ1) is 14.0. The molecule has 0 aliphatic heterocycles. The van der Waals surface area contributed by atoms with Crippen LogP contribution in [0.15, 0.2) is 24.3 Å². The van der Waals surface area contributed by atoms with Crippen molar-refractivity contribution in [3.05, 3.63) is 29.8 Å². The minimum Gasteiger partial charge on any atom is -0.497 e. The van der Waals surface area contributed by atoms with Crippen LogP contribution >= 0.6 is 0 Å². The van der Waals surface area contributed by atoms with E-state index >= 15 is 0 Å². The van der Waals surface area contributed by atoms with E-state index in [-0.39, 0.29) is 18.4 Å². The number of amides is 2. The van der Waals surface area contributed by atoms with Gasteiger partial charge < -0.3 is 15.4 Å². The third-order valence-corrected chi connectivity index (χ3v) is 2.39. The van der Waals surface area contributed by atoms with Crippen LogP contribution in [0.1, 0.15) is 12.5 Å². The molecule has 0 heterocycles. The maximum absolute atomic E-state index is 11.3. The topological polar surface area (TPSA) is 67.4 Å². The van der Waals surface area contributed by atoms with Crippen LogP contribution in [0.4, 0.5) is 0 Å². The zero-order valence-corrected chi connectivity index (χ0v) is 10.7. The SMILES string of the molecule is COc1ccc(CCNC(=O)CNC(C)=O)cc1. The lowest BCUT2D eigenvalue weighted by molar-refractivity contribution is -0.125. The highest BCUT2D eigenvalue weighted by Crippen LogP contribution is 2.11. The van der Waals surface area contributed by atoms with Gasteiger partial charge in [-0.25, -0.2) is 0 Å². The fourth-order valence-corrected chi connectivity index (χ4v) is 1.41. The largest absolute Gasteiger partial charge is 0.497 e. The molecule has 5 nitrogen and oxygen atoms in total. The molecule has 0 atom stereocenters. The van der Waals surface area contributed by atoms with Crippen LogP contribution in [-0.4, -0.2) is 32.0 Å². The Morgan fingerprint density at radius 2 is 1.83 bits per heavy atom. The van der Waals surface area contributed by atoms with Gasteiger partial charge >= 0.3 is 0 Å². The molecule has 0 saturated carbocycles. The Balaban J connectivity index is 2.24. The van der Waals surface area contributed by atoms with E-state index in [2.05, 4.69) is 10.6 Å². The van der Waals surface area contributed by atoms with Gasteiger partial charge in [0.15, 0.2) is 0 Å². The van der Waals surface area contributed by atoms with E-state index in [1.165, 1.54) is 6.92 Å². The second kappa shape index (κ2) is 7.32. The van der Waals surface area contributed by atoms with Crippen LogP contribution in [-0.2, 0) is 16.0 Å². The quantitative estimate of drug-likeness (QED) is 0.772. The number of rotatable bonds is 6. The van der Waals surface area contributed by atoms with Gasteiger partial charge in [0.25, 0.3) is 0 Å². The number of hydrogen-bond acceptors (Lipinski definition) is 3. The molecule has 1 rings (SSSR count). The van der Waals surface area contributed by atoms with E-state index < -0.39 is 0 Å². The summed E-state index contributed by atoms with van der Waals surface area (Å²) in [6.07, 6.45) is 0.746. The fourth-order valence-electron chi connectivity index (χ4n) is 1.41. The molecule has 0 fully saturated rings. The Morgan fingerprint density at radius 1 is 1.17 bits per heavy atom. The van der Waals surface area contributed by atoms with Crippen LogP contribution in [0.2, 0.25) is 0 Å². The molecule has 1 aromatic carbocycles. The number of carbonyl (C=O) groups excluding carboxylic acids is 2. The Morgan fingerprint density at radius 3 is 2.39 bits per heavy atom. The molecule has 2 amide bonds. The Labute approximate surface area is 107 Å². The van der Waals surface area contributed by atoms with Crippen LogP contribution in [0.5, 0.6) is 5.75 Å². The predicted molar refractivity (Wildman–Crippen MR) is 68.4 cm³/mol. The number of nitrogens with one attached hydrogen (secondary N) is 2. The van der Waals surface area contributed by atoms with E-state index in [1.54, 1.807) is 7.11 Å². The molecule has 0 unspecified atom stereocenters. The van der Waals surface area contributed by atoms with Gasteiger partial charge in [0, 0.05) is 13.5 Å². The van der Waals surface area contributed by atoms with Crippen LogP contribution < -0.4 is 15.4 Å². The second-order valence-corrected chi connectivity index (χ2v) is 3.86. The zero-order chi connectivity index (χ0) is 13.4. The van der Waals surface area contributed by atoms with Crippen LogP contribution in [0.25, 0.3) is 0 Å². The molecule has 0 spiro atoms. The standard InChI is InChI=1S/C13H18N2O3/c1-10(16)15-9-13(17)14-8-7-11-3-5-12(18-2)6-4-11/h3-6H,7-9H2,1-2H3,(H,14,17)(H,15,16). The van der Waals surface area contributed by atoms with E-state index in [4.69, 9.17) is 4.74 Å². The first-order valence-electron chi connectivity index (χ1n) is 5.76. The molecule has 0 aromatic heterocycles. The minimum absolute atomic E-state index is 0.0257. The van der Waals surface area contributed by atoms with Crippen molar-refractivity contribution in [1.82, 2.24) is 10.6 Å². The fraction of sp³-hybridized carbons (Fsp3) is 0.385. The molecule has 18 heavy (non-hydrogen) atoms. The van der Waals surface area contributed by atoms with Gasteiger partial charge in [-0.1, -0.05) is 12.1 Å². The monoisotopic (exact) mass is 250 g/mol. The Kier molecular flexibility index (Phi) is 5.70. The van der Waals surface area contributed by atoms with Crippen molar-refractivity contribution in [3.8, 4) is 5.75 Å². The lowest BCUT2D eigenvalue weighted by atomic mass is 10.1. The summed E-state index contributed by atoms with van der Waals surface area (Å²) in [6.45, 7) is 1.95. The second-order valence-electron chi connectivity index (χ2n) is 3.86. The number of hydrogen-bond donors (Lipinski definition) is 2. The van der Waals surface area contributed by atoms with Crippen molar-refractivity contribution in [3.63, 3.8) is 0 Å². The maximum Gasteiger partial charge on any atom is 0.239 e. The zero-order valence-electron chi connectivity index (χ0n) is 10.7. The molecule has 0 radical (unpaired) electrons. The van der Waals surface area contributed by atoms with Gasteiger partial charge in [0.05, 0.1) is 13.7 Å². The van der Waals surface area contributed by atoms with Gasteiger partial charge in [-0.3, -0.25) is 9.59 Å². The summed E-state index contributed by atoms with van der Waals surface area (Å²) in [5, 5.41) is 5.17. The molecule has 0 aliphatic rings. The van der Waals surface area contributed by atoms with E-state index in [0.29, 0.717) is 6.54 Å². The summed E-state index contributed by atoms with van der Waals surface area (Å²) in [7, 11) is 1.62. The summed E-state index contributed by atoms with van der Waals surface area (Å²) < 4.78 is 5.06. The Bertz CT molecular complexity index is 401. The number of carbonyl (C=O) groups is 2. The lowest BCUT2D eigenvalue weighted by Crippen LogP contribution is -2.36. The molecule has 2 N–H and O–H groups in total. The molecule has 5 heteroatoms. The van der Waals surface area contributed by atoms with Gasteiger partial charge in [0.2, 0.25) is 11.8 Å². The predicted octanol–water partition coefficient (Wildman–Crippen LogP) is 0.490. The first-order chi connectivity index (χ1) is 8.61. The van der Waals surface area contributed by atoms with Crippen LogP contribution in [0, 0.1) is 0 Å².